The third kappa shape index (κ3) is 7.55. The van der Waals surface area contributed by atoms with E-state index in [9.17, 15) is 0 Å². The smallest absolute Gasteiger partial charge is 0.119 e. The van der Waals surface area contributed by atoms with Gasteiger partial charge in [0.15, 0.2) is 0 Å². The average Bonchev–Trinajstić information content (AvgIpc) is 2.52. The van der Waals surface area contributed by atoms with Crippen LogP contribution in [0.15, 0.2) is 24.3 Å². The predicted octanol–water partition coefficient (Wildman–Crippen LogP) is 5.61. The largest absolute Gasteiger partial charge is 0.494 e. The molecule has 0 fully saturated rings. The Kier molecular flexibility index (Phi) is 9.65. The van der Waals surface area contributed by atoms with E-state index in [0.29, 0.717) is 0 Å². The standard InChI is InChI=1S/C19H32O2S/c1-4-5-6-7-14-20-18-12-10-17(11-13-18)19(2,3)21-15-8-9-16-22/h10-13,22H,4-9,14-16H2,1-3H3. The molecule has 0 aromatic heterocycles. The quantitative estimate of drug-likeness (QED) is 0.398. The Labute approximate surface area is 142 Å². The SMILES string of the molecule is CCCCCCOc1ccc(C(C)(C)OCCCCS)cc1. The van der Waals surface area contributed by atoms with E-state index in [1.807, 2.05) is 12.1 Å². The van der Waals surface area contributed by atoms with Crippen LogP contribution in [0.25, 0.3) is 0 Å². The average molecular weight is 325 g/mol. The maximum Gasteiger partial charge on any atom is 0.119 e. The fraction of sp³-hybridized carbons (Fsp3) is 0.684. The molecule has 0 aliphatic rings. The third-order valence-electron chi connectivity index (χ3n) is 3.83. The highest BCUT2D eigenvalue weighted by atomic mass is 32.1. The zero-order valence-corrected chi connectivity index (χ0v) is 15.3. The van der Waals surface area contributed by atoms with Gasteiger partial charge in [0.2, 0.25) is 0 Å². The van der Waals surface area contributed by atoms with Crippen molar-refractivity contribution in [1.82, 2.24) is 0 Å². The van der Waals surface area contributed by atoms with Gasteiger partial charge in [-0.2, -0.15) is 12.6 Å². The Balaban J connectivity index is 2.38. The second-order valence-corrected chi connectivity index (χ2v) is 6.67. The van der Waals surface area contributed by atoms with Crippen LogP contribution < -0.4 is 4.74 Å². The molecule has 0 aliphatic heterocycles. The van der Waals surface area contributed by atoms with Crippen molar-refractivity contribution >= 4 is 12.6 Å². The van der Waals surface area contributed by atoms with Crippen LogP contribution in [0.5, 0.6) is 5.75 Å². The van der Waals surface area contributed by atoms with Gasteiger partial charge in [-0.1, -0.05) is 38.3 Å². The summed E-state index contributed by atoms with van der Waals surface area (Å²) in [6.45, 7) is 8.05. The van der Waals surface area contributed by atoms with Crippen molar-refractivity contribution in [3.8, 4) is 5.75 Å². The Hall–Kier alpha value is -0.670. The van der Waals surface area contributed by atoms with Crippen LogP contribution in [-0.4, -0.2) is 19.0 Å². The fourth-order valence-electron chi connectivity index (χ4n) is 2.30. The predicted molar refractivity (Wildman–Crippen MR) is 98.1 cm³/mol. The molecular formula is C19H32O2S. The van der Waals surface area contributed by atoms with Gasteiger partial charge in [-0.15, -0.1) is 0 Å². The third-order valence-corrected chi connectivity index (χ3v) is 4.15. The first-order valence-electron chi connectivity index (χ1n) is 8.58. The lowest BCUT2D eigenvalue weighted by molar-refractivity contribution is -0.0228. The van der Waals surface area contributed by atoms with Crippen LogP contribution in [-0.2, 0) is 10.3 Å². The van der Waals surface area contributed by atoms with Gasteiger partial charge in [0.05, 0.1) is 12.2 Å². The molecule has 126 valence electrons. The van der Waals surface area contributed by atoms with Gasteiger partial charge in [0.1, 0.15) is 5.75 Å². The van der Waals surface area contributed by atoms with E-state index in [1.165, 1.54) is 24.8 Å². The second-order valence-electron chi connectivity index (χ2n) is 6.22. The summed E-state index contributed by atoms with van der Waals surface area (Å²) in [5.41, 5.74) is 0.938. The minimum absolute atomic E-state index is 0.254. The summed E-state index contributed by atoms with van der Waals surface area (Å²) in [4.78, 5) is 0. The summed E-state index contributed by atoms with van der Waals surface area (Å²) in [5, 5.41) is 0. The van der Waals surface area contributed by atoms with Crippen LogP contribution in [0.1, 0.15) is 64.9 Å². The molecule has 0 aliphatic carbocycles. The van der Waals surface area contributed by atoms with Crippen molar-refractivity contribution in [2.45, 2.75) is 64.9 Å². The minimum atomic E-state index is -0.254. The first kappa shape index (κ1) is 19.4. The number of rotatable bonds is 12. The van der Waals surface area contributed by atoms with Crippen molar-refractivity contribution in [2.75, 3.05) is 19.0 Å². The van der Waals surface area contributed by atoms with E-state index in [1.54, 1.807) is 0 Å². The van der Waals surface area contributed by atoms with E-state index in [-0.39, 0.29) is 5.60 Å². The van der Waals surface area contributed by atoms with Crippen LogP contribution >= 0.6 is 12.6 Å². The summed E-state index contributed by atoms with van der Waals surface area (Å²) in [7, 11) is 0. The number of thiol groups is 1. The van der Waals surface area contributed by atoms with Crippen molar-refractivity contribution < 1.29 is 9.47 Å². The van der Waals surface area contributed by atoms with Crippen LogP contribution in [0.2, 0.25) is 0 Å². The normalized spacial score (nSPS) is 11.6. The molecule has 1 aromatic carbocycles. The molecule has 22 heavy (non-hydrogen) atoms. The lowest BCUT2D eigenvalue weighted by Gasteiger charge is -2.26. The molecule has 1 aromatic rings. The Bertz CT molecular complexity index is 387. The van der Waals surface area contributed by atoms with Crippen LogP contribution in [0.3, 0.4) is 0 Å². The molecule has 0 amide bonds. The monoisotopic (exact) mass is 324 g/mol. The first-order valence-corrected chi connectivity index (χ1v) is 9.21. The zero-order chi connectivity index (χ0) is 16.3. The molecule has 0 atom stereocenters. The van der Waals surface area contributed by atoms with Gasteiger partial charge in [-0.3, -0.25) is 0 Å². The summed E-state index contributed by atoms with van der Waals surface area (Å²) < 4.78 is 11.8. The molecular weight excluding hydrogens is 292 g/mol. The first-order chi connectivity index (χ1) is 10.6. The lowest BCUT2D eigenvalue weighted by Crippen LogP contribution is -2.22. The maximum absolute atomic E-state index is 6.01. The van der Waals surface area contributed by atoms with E-state index >= 15 is 0 Å². The maximum atomic E-state index is 6.01. The molecule has 0 saturated carbocycles. The molecule has 0 bridgehead atoms. The summed E-state index contributed by atoms with van der Waals surface area (Å²) >= 11 is 4.22. The van der Waals surface area contributed by atoms with Crippen molar-refractivity contribution in [3.63, 3.8) is 0 Å². The number of benzene rings is 1. The Morgan fingerprint density at radius 3 is 2.23 bits per heavy atom. The molecule has 0 N–H and O–H groups in total. The highest BCUT2D eigenvalue weighted by molar-refractivity contribution is 7.80. The molecule has 2 nitrogen and oxygen atoms in total. The summed E-state index contributed by atoms with van der Waals surface area (Å²) in [5.74, 6) is 1.87. The van der Waals surface area contributed by atoms with Gasteiger partial charge >= 0.3 is 0 Å². The van der Waals surface area contributed by atoms with Crippen LogP contribution in [0, 0.1) is 0 Å². The molecule has 0 unspecified atom stereocenters. The number of unbranched alkanes of at least 4 members (excludes halogenated alkanes) is 4. The van der Waals surface area contributed by atoms with Gasteiger partial charge < -0.3 is 9.47 Å². The van der Waals surface area contributed by atoms with Crippen molar-refractivity contribution in [2.24, 2.45) is 0 Å². The highest BCUT2D eigenvalue weighted by Crippen LogP contribution is 2.27. The number of hydrogen-bond donors (Lipinski definition) is 1. The number of hydrogen-bond acceptors (Lipinski definition) is 3. The summed E-state index contributed by atoms with van der Waals surface area (Å²) in [6.07, 6.45) is 7.10. The van der Waals surface area contributed by atoms with Crippen molar-refractivity contribution in [1.29, 1.82) is 0 Å². The van der Waals surface area contributed by atoms with E-state index in [0.717, 1.165) is 44.0 Å². The van der Waals surface area contributed by atoms with E-state index in [4.69, 9.17) is 9.47 Å². The molecule has 0 spiro atoms. The van der Waals surface area contributed by atoms with Gasteiger partial charge in [-0.05, 0) is 56.6 Å². The molecule has 0 radical (unpaired) electrons. The molecule has 1 rings (SSSR count). The zero-order valence-electron chi connectivity index (χ0n) is 14.4. The topological polar surface area (TPSA) is 18.5 Å². The van der Waals surface area contributed by atoms with Gasteiger partial charge in [-0.25, -0.2) is 0 Å². The van der Waals surface area contributed by atoms with Crippen molar-refractivity contribution in [3.05, 3.63) is 29.8 Å². The molecule has 0 heterocycles. The Morgan fingerprint density at radius 1 is 0.909 bits per heavy atom. The number of ether oxygens (including phenoxy) is 2. The lowest BCUT2D eigenvalue weighted by atomic mass is 9.98. The van der Waals surface area contributed by atoms with Gasteiger partial charge in [0, 0.05) is 6.61 Å². The molecule has 3 heteroatoms. The van der Waals surface area contributed by atoms with E-state index in [2.05, 4.69) is 45.5 Å². The Morgan fingerprint density at radius 2 is 1.59 bits per heavy atom. The molecule has 0 saturated heterocycles. The van der Waals surface area contributed by atoms with Crippen LogP contribution in [0.4, 0.5) is 0 Å². The summed E-state index contributed by atoms with van der Waals surface area (Å²) in [6, 6.07) is 8.32. The minimum Gasteiger partial charge on any atom is -0.494 e. The highest BCUT2D eigenvalue weighted by Gasteiger charge is 2.20. The van der Waals surface area contributed by atoms with E-state index < -0.39 is 0 Å². The second kappa shape index (κ2) is 11.0. The van der Waals surface area contributed by atoms with Gasteiger partial charge in [0.25, 0.3) is 0 Å². The fourth-order valence-corrected chi connectivity index (χ4v) is 2.52.